The number of Topliss-reactive ketones (excluding diaryl/α,β-unsaturated/α-hetero) is 1. The normalized spacial score (nSPS) is 11.1. The Bertz CT molecular complexity index is 824. The van der Waals surface area contributed by atoms with E-state index >= 15 is 0 Å². The predicted octanol–water partition coefficient (Wildman–Crippen LogP) is 5.39. The highest BCUT2D eigenvalue weighted by atomic mass is 35.5. The van der Waals surface area contributed by atoms with Gasteiger partial charge >= 0.3 is 0 Å². The van der Waals surface area contributed by atoms with Crippen molar-refractivity contribution in [3.8, 4) is 0 Å². The zero-order chi connectivity index (χ0) is 16.9. The summed E-state index contributed by atoms with van der Waals surface area (Å²) in [7, 11) is 0. The monoisotopic (exact) mass is 360 g/mol. The molecule has 0 aliphatic heterocycles. The molecule has 3 rings (SSSR count). The van der Waals surface area contributed by atoms with Crippen molar-refractivity contribution in [2.45, 2.75) is 32.1 Å². The number of nitrogens with zero attached hydrogens (tertiary/aromatic N) is 1. The highest BCUT2D eigenvalue weighted by Gasteiger charge is 2.08. The van der Waals surface area contributed by atoms with E-state index in [1.54, 1.807) is 6.07 Å². The summed E-state index contributed by atoms with van der Waals surface area (Å²) < 4.78 is 0. The van der Waals surface area contributed by atoms with Gasteiger partial charge in [0.05, 0.1) is 11.0 Å². The maximum absolute atomic E-state index is 12.1. The van der Waals surface area contributed by atoms with Crippen LogP contribution in [-0.2, 0) is 17.6 Å². The van der Waals surface area contributed by atoms with Crippen LogP contribution in [0.25, 0.3) is 11.0 Å². The first-order valence-electron chi connectivity index (χ1n) is 8.01. The lowest BCUT2D eigenvalue weighted by Gasteiger charge is -2.04. The zero-order valence-corrected chi connectivity index (χ0v) is 14.7. The maximum Gasteiger partial charge on any atom is 0.133 e. The number of aromatic amines is 1. The Morgan fingerprint density at radius 1 is 1.04 bits per heavy atom. The van der Waals surface area contributed by atoms with Crippen LogP contribution in [0.15, 0.2) is 42.5 Å². The molecule has 0 spiro atoms. The third-order valence-corrected chi connectivity index (χ3v) is 4.58. The molecule has 0 unspecified atom stereocenters. The third kappa shape index (κ3) is 4.37. The van der Waals surface area contributed by atoms with Crippen LogP contribution in [0.3, 0.4) is 0 Å². The first-order valence-corrected chi connectivity index (χ1v) is 8.76. The minimum atomic E-state index is 0.251. The van der Waals surface area contributed by atoms with Crippen molar-refractivity contribution in [2.24, 2.45) is 0 Å². The molecule has 124 valence electrons. The smallest absolute Gasteiger partial charge is 0.133 e. The van der Waals surface area contributed by atoms with Crippen LogP contribution in [0.1, 0.15) is 30.7 Å². The molecule has 1 heterocycles. The van der Waals surface area contributed by atoms with Gasteiger partial charge in [0, 0.05) is 29.3 Å². The lowest BCUT2D eigenvalue weighted by molar-refractivity contribution is -0.119. The number of rotatable bonds is 7. The van der Waals surface area contributed by atoms with Gasteiger partial charge in [0.1, 0.15) is 11.6 Å². The Labute approximate surface area is 151 Å². The van der Waals surface area contributed by atoms with E-state index in [9.17, 15) is 4.79 Å². The number of fused-ring (bicyclic) bond motifs is 1. The SMILES string of the molecule is O=C(CCCc1ccc(Cl)cc1Cl)CCc1nc2ccccc2[nH]1. The molecule has 3 aromatic rings. The molecular formula is C19H18Cl2N2O. The number of hydrogen-bond acceptors (Lipinski definition) is 2. The molecule has 24 heavy (non-hydrogen) atoms. The van der Waals surface area contributed by atoms with Crippen LogP contribution in [0.4, 0.5) is 0 Å². The highest BCUT2D eigenvalue weighted by Crippen LogP contribution is 2.22. The van der Waals surface area contributed by atoms with Gasteiger partial charge in [-0.1, -0.05) is 41.4 Å². The molecule has 1 N–H and O–H groups in total. The summed E-state index contributed by atoms with van der Waals surface area (Å²) in [6, 6.07) is 13.4. The van der Waals surface area contributed by atoms with Crippen LogP contribution >= 0.6 is 23.2 Å². The van der Waals surface area contributed by atoms with Gasteiger partial charge in [-0.25, -0.2) is 4.98 Å². The second-order valence-electron chi connectivity index (χ2n) is 5.83. The zero-order valence-electron chi connectivity index (χ0n) is 13.2. The van der Waals surface area contributed by atoms with Gasteiger partial charge in [-0.15, -0.1) is 0 Å². The van der Waals surface area contributed by atoms with Crippen molar-refractivity contribution in [3.63, 3.8) is 0 Å². The quantitative estimate of drug-likeness (QED) is 0.613. The summed E-state index contributed by atoms with van der Waals surface area (Å²) in [6.45, 7) is 0. The molecule has 0 saturated heterocycles. The van der Waals surface area contributed by atoms with Crippen molar-refractivity contribution in [1.82, 2.24) is 9.97 Å². The molecule has 0 bridgehead atoms. The number of para-hydroxylation sites is 2. The van der Waals surface area contributed by atoms with Crippen LogP contribution in [-0.4, -0.2) is 15.8 Å². The van der Waals surface area contributed by atoms with Gasteiger partial charge in [0.25, 0.3) is 0 Å². The molecular weight excluding hydrogens is 343 g/mol. The van der Waals surface area contributed by atoms with Gasteiger partial charge in [-0.05, 0) is 42.7 Å². The van der Waals surface area contributed by atoms with Crippen molar-refractivity contribution in [3.05, 3.63) is 63.9 Å². The van der Waals surface area contributed by atoms with Crippen molar-refractivity contribution in [1.29, 1.82) is 0 Å². The molecule has 0 amide bonds. The summed E-state index contributed by atoms with van der Waals surface area (Å²) in [6.07, 6.45) is 3.29. The molecule has 0 radical (unpaired) electrons. The topological polar surface area (TPSA) is 45.8 Å². The van der Waals surface area contributed by atoms with Crippen molar-refractivity contribution >= 4 is 40.0 Å². The highest BCUT2D eigenvalue weighted by molar-refractivity contribution is 6.35. The fourth-order valence-electron chi connectivity index (χ4n) is 2.71. The van der Waals surface area contributed by atoms with E-state index in [1.165, 1.54) is 0 Å². The van der Waals surface area contributed by atoms with E-state index < -0.39 is 0 Å². The molecule has 2 aromatic carbocycles. The summed E-state index contributed by atoms with van der Waals surface area (Å²) in [4.78, 5) is 19.8. The number of nitrogens with one attached hydrogen (secondary N) is 1. The predicted molar refractivity (Wildman–Crippen MR) is 98.8 cm³/mol. The number of hydrogen-bond donors (Lipinski definition) is 1. The Hall–Kier alpha value is -1.84. The van der Waals surface area contributed by atoms with Crippen LogP contribution in [0.2, 0.25) is 10.0 Å². The fourth-order valence-corrected chi connectivity index (χ4v) is 3.21. The Kier molecular flexibility index (Phi) is 5.54. The largest absolute Gasteiger partial charge is 0.342 e. The number of halogens is 2. The van der Waals surface area contributed by atoms with E-state index in [-0.39, 0.29) is 5.78 Å². The molecule has 0 aliphatic rings. The number of aromatic nitrogens is 2. The van der Waals surface area contributed by atoms with E-state index in [2.05, 4.69) is 9.97 Å². The number of carbonyl (C=O) groups is 1. The Morgan fingerprint density at radius 3 is 2.67 bits per heavy atom. The molecule has 0 aliphatic carbocycles. The molecule has 3 nitrogen and oxygen atoms in total. The van der Waals surface area contributed by atoms with Gasteiger partial charge < -0.3 is 4.98 Å². The molecule has 0 atom stereocenters. The second kappa shape index (κ2) is 7.82. The standard InChI is InChI=1S/C19H18Cl2N2O/c20-14-9-8-13(16(21)12-14)4-3-5-15(24)10-11-19-22-17-6-1-2-7-18(17)23-19/h1-2,6-9,12H,3-5,10-11H2,(H,22,23). The average Bonchev–Trinajstić information content (AvgIpc) is 2.98. The fraction of sp³-hybridized carbons (Fsp3) is 0.263. The number of aryl methyl sites for hydroxylation is 2. The van der Waals surface area contributed by atoms with E-state index in [1.807, 2.05) is 36.4 Å². The van der Waals surface area contributed by atoms with Gasteiger partial charge in [-0.3, -0.25) is 4.79 Å². The van der Waals surface area contributed by atoms with Crippen molar-refractivity contribution in [2.75, 3.05) is 0 Å². The van der Waals surface area contributed by atoms with Gasteiger partial charge in [0.15, 0.2) is 0 Å². The minimum absolute atomic E-state index is 0.251. The number of benzene rings is 2. The maximum atomic E-state index is 12.1. The Balaban J connectivity index is 1.45. The lowest BCUT2D eigenvalue weighted by atomic mass is 10.0. The number of ketones is 1. The van der Waals surface area contributed by atoms with Crippen LogP contribution in [0.5, 0.6) is 0 Å². The number of H-pyrrole nitrogens is 1. The van der Waals surface area contributed by atoms with Crippen LogP contribution in [0, 0.1) is 0 Å². The molecule has 0 saturated carbocycles. The van der Waals surface area contributed by atoms with Crippen molar-refractivity contribution < 1.29 is 4.79 Å². The summed E-state index contributed by atoms with van der Waals surface area (Å²) >= 11 is 12.0. The van der Waals surface area contributed by atoms with E-state index in [0.29, 0.717) is 29.3 Å². The molecule has 0 fully saturated rings. The van der Waals surface area contributed by atoms with Crippen LogP contribution < -0.4 is 0 Å². The third-order valence-electron chi connectivity index (χ3n) is 4.00. The summed E-state index contributed by atoms with van der Waals surface area (Å²) in [5.41, 5.74) is 2.99. The molecule has 5 heteroatoms. The Morgan fingerprint density at radius 2 is 1.88 bits per heavy atom. The van der Waals surface area contributed by atoms with E-state index in [0.717, 1.165) is 35.3 Å². The summed E-state index contributed by atoms with van der Waals surface area (Å²) in [5, 5.41) is 1.29. The van der Waals surface area contributed by atoms with Gasteiger partial charge in [0.2, 0.25) is 0 Å². The molecule has 1 aromatic heterocycles. The first-order chi connectivity index (χ1) is 11.6. The lowest BCUT2D eigenvalue weighted by Crippen LogP contribution is -2.02. The number of imidazole rings is 1. The second-order valence-corrected chi connectivity index (χ2v) is 6.67. The minimum Gasteiger partial charge on any atom is -0.342 e. The number of carbonyl (C=O) groups excluding carboxylic acids is 1. The first kappa shape index (κ1) is 17.0. The van der Waals surface area contributed by atoms with Gasteiger partial charge in [-0.2, -0.15) is 0 Å². The average molecular weight is 361 g/mol. The van der Waals surface area contributed by atoms with E-state index in [4.69, 9.17) is 23.2 Å². The summed E-state index contributed by atoms with van der Waals surface area (Å²) in [5.74, 6) is 1.12.